The topological polar surface area (TPSA) is 82.1 Å². The van der Waals surface area contributed by atoms with Crippen LogP contribution in [0, 0.1) is 6.92 Å². The van der Waals surface area contributed by atoms with Gasteiger partial charge >= 0.3 is 0 Å². The monoisotopic (exact) mass is 455 g/mol. The summed E-state index contributed by atoms with van der Waals surface area (Å²) in [5, 5.41) is 10.4. The molecule has 0 atom stereocenters. The fraction of sp³-hybridized carbons (Fsp3) is 0.529. The Bertz CT molecular complexity index is 663. The highest BCUT2D eigenvalue weighted by Crippen LogP contribution is 2.25. The van der Waals surface area contributed by atoms with Crippen molar-refractivity contribution in [3.8, 4) is 0 Å². The van der Waals surface area contributed by atoms with Gasteiger partial charge in [0.2, 0.25) is 0 Å². The molecular formula is C17H26IN7. The molecule has 0 aliphatic carbocycles. The van der Waals surface area contributed by atoms with Crippen LogP contribution in [0.3, 0.4) is 0 Å². The van der Waals surface area contributed by atoms with Gasteiger partial charge in [-0.1, -0.05) is 6.07 Å². The second-order valence-corrected chi connectivity index (χ2v) is 6.07. The van der Waals surface area contributed by atoms with E-state index in [1.165, 1.54) is 5.56 Å². The van der Waals surface area contributed by atoms with Crippen LogP contribution < -0.4 is 5.32 Å². The number of nitrogens with zero attached hydrogens (tertiary/aromatic N) is 5. The molecule has 0 unspecified atom stereocenters. The van der Waals surface area contributed by atoms with E-state index in [1.54, 1.807) is 6.33 Å². The Morgan fingerprint density at radius 1 is 1.36 bits per heavy atom. The molecule has 1 fully saturated rings. The van der Waals surface area contributed by atoms with Crippen LogP contribution in [0.4, 0.5) is 0 Å². The zero-order valence-electron chi connectivity index (χ0n) is 14.8. The summed E-state index contributed by atoms with van der Waals surface area (Å²) < 4.78 is 0. The average Bonchev–Trinajstić information content (AvgIpc) is 3.15. The van der Waals surface area contributed by atoms with Gasteiger partial charge in [-0.15, -0.1) is 24.0 Å². The van der Waals surface area contributed by atoms with Gasteiger partial charge in [-0.3, -0.25) is 10.1 Å². The number of rotatable bonds is 4. The van der Waals surface area contributed by atoms with E-state index in [2.05, 4.69) is 50.3 Å². The predicted molar refractivity (Wildman–Crippen MR) is 109 cm³/mol. The number of aryl methyl sites for hydroxylation is 1. The van der Waals surface area contributed by atoms with E-state index < -0.39 is 0 Å². The predicted octanol–water partition coefficient (Wildman–Crippen LogP) is 2.47. The summed E-state index contributed by atoms with van der Waals surface area (Å²) in [6, 6.07) is 4.04. The van der Waals surface area contributed by atoms with Crippen molar-refractivity contribution in [1.29, 1.82) is 0 Å². The first kappa shape index (κ1) is 19.6. The minimum absolute atomic E-state index is 0. The summed E-state index contributed by atoms with van der Waals surface area (Å²) in [6.07, 6.45) is 5.53. The van der Waals surface area contributed by atoms with Crippen LogP contribution in [-0.4, -0.2) is 50.7 Å². The largest absolute Gasteiger partial charge is 0.357 e. The number of guanidine groups is 1. The maximum Gasteiger partial charge on any atom is 0.194 e. The van der Waals surface area contributed by atoms with Crippen molar-refractivity contribution in [3.63, 3.8) is 0 Å². The molecule has 2 N–H and O–H groups in total. The summed E-state index contributed by atoms with van der Waals surface area (Å²) in [5.41, 5.74) is 2.21. The Morgan fingerprint density at radius 3 is 2.80 bits per heavy atom. The first-order chi connectivity index (χ1) is 11.8. The molecule has 136 valence electrons. The molecule has 0 spiro atoms. The lowest BCUT2D eigenvalue weighted by Gasteiger charge is -2.33. The number of hydrogen-bond donors (Lipinski definition) is 2. The molecule has 3 rings (SSSR count). The van der Waals surface area contributed by atoms with Crippen molar-refractivity contribution in [2.75, 3.05) is 19.6 Å². The molecule has 2 aromatic rings. The van der Waals surface area contributed by atoms with Crippen LogP contribution >= 0.6 is 24.0 Å². The Balaban J connectivity index is 0.00000225. The molecule has 0 saturated carbocycles. The lowest BCUT2D eigenvalue weighted by atomic mass is 9.96. The molecule has 1 saturated heterocycles. The molecule has 7 nitrogen and oxygen atoms in total. The van der Waals surface area contributed by atoms with Gasteiger partial charge < -0.3 is 10.2 Å². The zero-order valence-corrected chi connectivity index (χ0v) is 17.1. The highest BCUT2D eigenvalue weighted by molar-refractivity contribution is 14.0. The summed E-state index contributed by atoms with van der Waals surface area (Å²) >= 11 is 0. The highest BCUT2D eigenvalue weighted by atomic mass is 127. The molecular weight excluding hydrogens is 429 g/mol. The van der Waals surface area contributed by atoms with Crippen LogP contribution in [0.1, 0.15) is 42.8 Å². The number of hydrogen-bond acceptors (Lipinski definition) is 4. The second kappa shape index (κ2) is 9.69. The summed E-state index contributed by atoms with van der Waals surface area (Å²) in [5.74, 6) is 2.43. The molecule has 25 heavy (non-hydrogen) atoms. The summed E-state index contributed by atoms with van der Waals surface area (Å²) in [4.78, 5) is 15.8. The van der Waals surface area contributed by atoms with Crippen molar-refractivity contribution in [3.05, 3.63) is 41.7 Å². The average molecular weight is 455 g/mol. The molecule has 8 heteroatoms. The molecule has 1 aliphatic rings. The van der Waals surface area contributed by atoms with Crippen molar-refractivity contribution in [2.45, 2.75) is 39.2 Å². The summed E-state index contributed by atoms with van der Waals surface area (Å²) in [7, 11) is 0. The zero-order chi connectivity index (χ0) is 16.8. The van der Waals surface area contributed by atoms with Gasteiger partial charge in [-0.05, 0) is 38.3 Å². The molecule has 2 aromatic heterocycles. The number of halogens is 1. The molecule has 0 bridgehead atoms. The number of pyridine rings is 1. The van der Waals surface area contributed by atoms with Crippen molar-refractivity contribution >= 4 is 29.9 Å². The smallest absolute Gasteiger partial charge is 0.194 e. The number of aliphatic imine (C=N–C) groups is 1. The van der Waals surface area contributed by atoms with E-state index in [0.29, 0.717) is 12.5 Å². The SMILES string of the molecule is CCNC(=NCc1ncccc1C)N1CCC(c2ncn[nH]2)CC1.I. The maximum atomic E-state index is 4.79. The van der Waals surface area contributed by atoms with E-state index >= 15 is 0 Å². The third-order valence-corrected chi connectivity index (χ3v) is 4.45. The lowest BCUT2D eigenvalue weighted by Crippen LogP contribution is -2.45. The van der Waals surface area contributed by atoms with Crippen LogP contribution in [0.5, 0.6) is 0 Å². The quantitative estimate of drug-likeness (QED) is 0.421. The van der Waals surface area contributed by atoms with Gasteiger partial charge in [0, 0.05) is 31.7 Å². The van der Waals surface area contributed by atoms with Crippen LogP contribution in [-0.2, 0) is 6.54 Å². The van der Waals surface area contributed by atoms with Crippen LogP contribution in [0.2, 0.25) is 0 Å². The third kappa shape index (κ3) is 5.13. The van der Waals surface area contributed by atoms with Gasteiger partial charge in [0.05, 0.1) is 12.2 Å². The number of likely N-dealkylation sites (tertiary alicyclic amines) is 1. The van der Waals surface area contributed by atoms with Crippen molar-refractivity contribution in [1.82, 2.24) is 30.4 Å². The standard InChI is InChI=1S/C17H25N7.HI/c1-3-18-17(20-11-15-13(2)5-4-8-19-15)24-9-6-14(7-10-24)16-21-12-22-23-16;/h4-5,8,12,14H,3,6-7,9-11H2,1-2H3,(H,18,20)(H,21,22,23);1H. The molecule has 0 radical (unpaired) electrons. The molecule has 1 aliphatic heterocycles. The molecule has 0 aromatic carbocycles. The highest BCUT2D eigenvalue weighted by Gasteiger charge is 2.24. The molecule has 0 amide bonds. The van der Waals surface area contributed by atoms with E-state index in [9.17, 15) is 0 Å². The minimum atomic E-state index is 0. The Hall–Kier alpha value is -1.71. The van der Waals surface area contributed by atoms with Gasteiger partial charge in [0.1, 0.15) is 12.2 Å². The fourth-order valence-electron chi connectivity index (χ4n) is 3.04. The van der Waals surface area contributed by atoms with E-state index in [4.69, 9.17) is 4.99 Å². The van der Waals surface area contributed by atoms with Crippen molar-refractivity contribution in [2.24, 2.45) is 4.99 Å². The normalized spacial score (nSPS) is 15.8. The van der Waals surface area contributed by atoms with Gasteiger partial charge in [0.25, 0.3) is 0 Å². The van der Waals surface area contributed by atoms with Gasteiger partial charge in [-0.25, -0.2) is 9.98 Å². The van der Waals surface area contributed by atoms with Crippen LogP contribution in [0.25, 0.3) is 0 Å². The number of H-pyrrole nitrogens is 1. The maximum absolute atomic E-state index is 4.79. The van der Waals surface area contributed by atoms with E-state index in [-0.39, 0.29) is 24.0 Å². The first-order valence-corrected chi connectivity index (χ1v) is 8.57. The first-order valence-electron chi connectivity index (χ1n) is 8.57. The Kier molecular flexibility index (Phi) is 7.60. The molecule has 3 heterocycles. The fourth-order valence-corrected chi connectivity index (χ4v) is 3.04. The third-order valence-electron chi connectivity index (χ3n) is 4.45. The van der Waals surface area contributed by atoms with Gasteiger partial charge in [-0.2, -0.15) is 5.10 Å². The second-order valence-electron chi connectivity index (χ2n) is 6.07. The number of aromatic amines is 1. The number of piperidine rings is 1. The van der Waals surface area contributed by atoms with E-state index in [1.807, 2.05) is 12.3 Å². The van der Waals surface area contributed by atoms with Crippen molar-refractivity contribution < 1.29 is 0 Å². The number of aromatic nitrogens is 4. The Morgan fingerprint density at radius 2 is 2.16 bits per heavy atom. The van der Waals surface area contributed by atoms with Gasteiger partial charge in [0.15, 0.2) is 5.96 Å². The van der Waals surface area contributed by atoms with E-state index in [0.717, 1.165) is 50.0 Å². The summed E-state index contributed by atoms with van der Waals surface area (Å²) in [6.45, 7) is 7.59. The minimum Gasteiger partial charge on any atom is -0.357 e. The van der Waals surface area contributed by atoms with Crippen LogP contribution in [0.15, 0.2) is 29.6 Å². The Labute approximate surface area is 165 Å². The lowest BCUT2D eigenvalue weighted by molar-refractivity contribution is 0.298. The number of nitrogens with one attached hydrogen (secondary N) is 2.